The summed E-state index contributed by atoms with van der Waals surface area (Å²) in [5, 5.41) is 6.38. The fourth-order valence-electron chi connectivity index (χ4n) is 2.68. The van der Waals surface area contributed by atoms with Crippen molar-refractivity contribution in [3.05, 3.63) is 52.5 Å². The van der Waals surface area contributed by atoms with Gasteiger partial charge in [0, 0.05) is 18.1 Å². The maximum absolute atomic E-state index is 11.9. The normalized spacial score (nSPS) is 10.2. The predicted molar refractivity (Wildman–Crippen MR) is 106 cm³/mol. The Labute approximate surface area is 164 Å². The summed E-state index contributed by atoms with van der Waals surface area (Å²) in [6.07, 6.45) is 1.36. The largest absolute Gasteiger partial charge is 0.493 e. The smallest absolute Gasteiger partial charge is 0.314 e. The molecule has 0 aromatic heterocycles. The highest BCUT2D eigenvalue weighted by Gasteiger charge is 2.13. The third-order valence-electron chi connectivity index (χ3n) is 4.01. The molecule has 0 bridgehead atoms. The monoisotopic (exact) mass is 392 g/mol. The van der Waals surface area contributed by atoms with Crippen LogP contribution >= 0.6 is 11.6 Å². The Morgan fingerprint density at radius 2 is 1.48 bits per heavy atom. The van der Waals surface area contributed by atoms with Crippen LogP contribution in [-0.4, -0.2) is 40.5 Å². The number of hydrogen-bond acceptors (Lipinski definition) is 4. The molecule has 2 amide bonds. The van der Waals surface area contributed by atoms with Crippen molar-refractivity contribution >= 4 is 17.6 Å². The van der Waals surface area contributed by atoms with Crippen LogP contribution in [0.3, 0.4) is 0 Å². The molecule has 27 heavy (non-hydrogen) atoms. The Balaban J connectivity index is 1.79. The zero-order valence-corrected chi connectivity index (χ0v) is 16.6. The molecule has 0 fully saturated rings. The van der Waals surface area contributed by atoms with E-state index in [0.29, 0.717) is 41.8 Å². The zero-order valence-electron chi connectivity index (χ0n) is 15.8. The fraction of sp³-hybridized carbons (Fsp3) is 0.350. The third-order valence-corrected chi connectivity index (χ3v) is 4.25. The molecular formula is C20H25ClN2O4. The van der Waals surface area contributed by atoms with Crippen LogP contribution < -0.4 is 24.8 Å². The van der Waals surface area contributed by atoms with Gasteiger partial charge in [0.15, 0.2) is 11.5 Å². The van der Waals surface area contributed by atoms with E-state index in [4.69, 9.17) is 25.8 Å². The number of hydrogen-bond donors (Lipinski definition) is 2. The van der Waals surface area contributed by atoms with Gasteiger partial charge in [0.1, 0.15) is 0 Å². The molecule has 0 saturated heterocycles. The van der Waals surface area contributed by atoms with Crippen molar-refractivity contribution in [2.24, 2.45) is 0 Å². The van der Waals surface area contributed by atoms with Gasteiger partial charge in [-0.1, -0.05) is 23.7 Å². The minimum Gasteiger partial charge on any atom is -0.493 e. The number of urea groups is 1. The third kappa shape index (κ3) is 6.25. The lowest BCUT2D eigenvalue weighted by molar-refractivity contribution is 0.241. The average Bonchev–Trinajstić information content (AvgIpc) is 2.67. The molecule has 0 unspecified atom stereocenters. The highest BCUT2D eigenvalue weighted by atomic mass is 35.5. The van der Waals surface area contributed by atoms with Gasteiger partial charge >= 0.3 is 6.03 Å². The maximum atomic E-state index is 11.9. The summed E-state index contributed by atoms with van der Waals surface area (Å²) >= 11 is 5.95. The van der Waals surface area contributed by atoms with E-state index in [1.807, 2.05) is 36.4 Å². The molecule has 0 saturated carbocycles. The minimum atomic E-state index is -0.204. The van der Waals surface area contributed by atoms with E-state index >= 15 is 0 Å². The van der Waals surface area contributed by atoms with E-state index in [9.17, 15) is 4.79 Å². The molecule has 2 rings (SSSR count). The highest BCUT2D eigenvalue weighted by Crippen LogP contribution is 2.38. The molecule has 0 aliphatic heterocycles. The van der Waals surface area contributed by atoms with Gasteiger partial charge in [-0.3, -0.25) is 0 Å². The van der Waals surface area contributed by atoms with E-state index in [1.54, 1.807) is 21.3 Å². The SMILES string of the molecule is COc1cc(CCNC(=O)NCCc2cccc(Cl)c2)cc(OC)c1OC. The van der Waals surface area contributed by atoms with Crippen molar-refractivity contribution in [3.8, 4) is 17.2 Å². The first-order valence-corrected chi connectivity index (χ1v) is 9.00. The molecule has 0 atom stereocenters. The summed E-state index contributed by atoms with van der Waals surface area (Å²) in [6, 6.07) is 11.1. The van der Waals surface area contributed by atoms with E-state index < -0.39 is 0 Å². The summed E-state index contributed by atoms with van der Waals surface area (Å²) in [7, 11) is 4.72. The van der Waals surface area contributed by atoms with Gasteiger partial charge in [0.05, 0.1) is 21.3 Å². The molecule has 6 nitrogen and oxygen atoms in total. The van der Waals surface area contributed by atoms with E-state index in [1.165, 1.54) is 0 Å². The van der Waals surface area contributed by atoms with Crippen LogP contribution in [0.15, 0.2) is 36.4 Å². The van der Waals surface area contributed by atoms with Crippen molar-refractivity contribution < 1.29 is 19.0 Å². The lowest BCUT2D eigenvalue weighted by atomic mass is 10.1. The number of methoxy groups -OCH3 is 3. The lowest BCUT2D eigenvalue weighted by Gasteiger charge is -2.14. The molecule has 146 valence electrons. The number of ether oxygens (including phenoxy) is 3. The quantitative estimate of drug-likeness (QED) is 0.685. The van der Waals surface area contributed by atoms with Crippen LogP contribution in [0.1, 0.15) is 11.1 Å². The van der Waals surface area contributed by atoms with Crippen LogP contribution in [0.4, 0.5) is 4.79 Å². The van der Waals surface area contributed by atoms with Crippen molar-refractivity contribution in [2.45, 2.75) is 12.8 Å². The number of nitrogens with one attached hydrogen (secondary N) is 2. The molecule has 0 aliphatic rings. The van der Waals surface area contributed by atoms with Crippen molar-refractivity contribution in [3.63, 3.8) is 0 Å². The van der Waals surface area contributed by atoms with Crippen molar-refractivity contribution in [2.75, 3.05) is 34.4 Å². The molecule has 0 heterocycles. The summed E-state index contributed by atoms with van der Waals surface area (Å²) in [5.41, 5.74) is 2.06. The molecule has 0 spiro atoms. The topological polar surface area (TPSA) is 68.8 Å². The Morgan fingerprint density at radius 1 is 0.889 bits per heavy atom. The number of halogens is 1. The van der Waals surface area contributed by atoms with Crippen molar-refractivity contribution in [1.29, 1.82) is 0 Å². The lowest BCUT2D eigenvalue weighted by Crippen LogP contribution is -2.37. The first-order chi connectivity index (χ1) is 13.1. The van der Waals surface area contributed by atoms with Crippen molar-refractivity contribution in [1.82, 2.24) is 10.6 Å². The highest BCUT2D eigenvalue weighted by molar-refractivity contribution is 6.30. The first-order valence-electron chi connectivity index (χ1n) is 8.62. The van der Waals surface area contributed by atoms with Gasteiger partial charge < -0.3 is 24.8 Å². The minimum absolute atomic E-state index is 0.204. The van der Waals surface area contributed by atoms with Gasteiger partial charge in [0.25, 0.3) is 0 Å². The second-order valence-electron chi connectivity index (χ2n) is 5.85. The maximum Gasteiger partial charge on any atom is 0.314 e. The Morgan fingerprint density at radius 3 is 2.00 bits per heavy atom. The van der Waals surface area contributed by atoms with Gasteiger partial charge in [-0.25, -0.2) is 4.79 Å². The summed E-state index contributed by atoms with van der Waals surface area (Å²) < 4.78 is 16.0. The van der Waals surface area contributed by atoms with E-state index in [2.05, 4.69) is 10.6 Å². The summed E-state index contributed by atoms with van der Waals surface area (Å²) in [4.78, 5) is 11.9. The second-order valence-corrected chi connectivity index (χ2v) is 6.28. The zero-order chi connectivity index (χ0) is 19.6. The van der Waals surface area contributed by atoms with Crippen LogP contribution in [0.2, 0.25) is 5.02 Å². The first kappa shape index (κ1) is 20.7. The number of carbonyl (C=O) groups excluding carboxylic acids is 1. The second kappa shape index (κ2) is 10.5. The number of rotatable bonds is 9. The van der Waals surface area contributed by atoms with Crippen LogP contribution in [0.5, 0.6) is 17.2 Å². The van der Waals surface area contributed by atoms with Gasteiger partial charge in [-0.15, -0.1) is 0 Å². The molecule has 2 aromatic rings. The van der Waals surface area contributed by atoms with Crippen LogP contribution in [0.25, 0.3) is 0 Å². The van der Waals surface area contributed by atoms with Gasteiger partial charge in [-0.2, -0.15) is 0 Å². The predicted octanol–water partition coefficient (Wildman–Crippen LogP) is 3.45. The van der Waals surface area contributed by atoms with Gasteiger partial charge in [-0.05, 0) is 48.2 Å². The Hall–Kier alpha value is -2.60. The fourth-order valence-corrected chi connectivity index (χ4v) is 2.89. The molecule has 7 heteroatoms. The summed E-state index contributed by atoms with van der Waals surface area (Å²) in [5.74, 6) is 1.74. The van der Waals surface area contributed by atoms with Crippen LogP contribution in [-0.2, 0) is 12.8 Å². The molecule has 0 radical (unpaired) electrons. The van der Waals surface area contributed by atoms with Gasteiger partial charge in [0.2, 0.25) is 5.75 Å². The van der Waals surface area contributed by atoms with E-state index in [-0.39, 0.29) is 6.03 Å². The number of amides is 2. The molecule has 2 aromatic carbocycles. The molecule has 0 aliphatic carbocycles. The van der Waals surface area contributed by atoms with Crippen LogP contribution in [0, 0.1) is 0 Å². The molecule has 2 N–H and O–H groups in total. The number of benzene rings is 2. The Bertz CT molecular complexity index is 742. The standard InChI is InChI=1S/C20H25ClN2O4/c1-25-17-12-15(13-18(26-2)19(17)27-3)8-10-23-20(24)22-9-7-14-5-4-6-16(21)11-14/h4-6,11-13H,7-10H2,1-3H3,(H2,22,23,24). The number of carbonyl (C=O) groups is 1. The van der Waals surface area contributed by atoms with E-state index in [0.717, 1.165) is 17.5 Å². The summed E-state index contributed by atoms with van der Waals surface area (Å²) in [6.45, 7) is 1.03. The average molecular weight is 393 g/mol. The Kier molecular flexibility index (Phi) is 8.07. The molecular weight excluding hydrogens is 368 g/mol.